The van der Waals surface area contributed by atoms with Gasteiger partial charge in [-0.05, 0) is 19.0 Å². The van der Waals surface area contributed by atoms with Gasteiger partial charge in [-0.15, -0.1) is 0 Å². The van der Waals surface area contributed by atoms with Crippen molar-refractivity contribution in [2.24, 2.45) is 0 Å². The molecule has 0 saturated heterocycles. The Bertz CT molecular complexity index is 101. The van der Waals surface area contributed by atoms with E-state index in [2.05, 4.69) is 11.9 Å². The number of hydrogen-bond acceptors (Lipinski definition) is 1. The maximum absolute atomic E-state index is 3.70. The SMILES string of the molecule is C=CNC1CCCCCCC1. The molecule has 0 bridgehead atoms. The smallest absolute Gasteiger partial charge is 0.0255 e. The fraction of sp³-hybridized carbons (Fsp3) is 0.800. The van der Waals surface area contributed by atoms with Gasteiger partial charge in [0, 0.05) is 6.04 Å². The Morgan fingerprint density at radius 3 is 2.09 bits per heavy atom. The summed E-state index contributed by atoms with van der Waals surface area (Å²) in [6.07, 6.45) is 11.6. The van der Waals surface area contributed by atoms with Gasteiger partial charge in [-0.25, -0.2) is 0 Å². The predicted molar refractivity (Wildman–Crippen MR) is 49.4 cm³/mol. The lowest BCUT2D eigenvalue weighted by atomic mass is 9.97. The first-order valence-corrected chi connectivity index (χ1v) is 4.80. The summed E-state index contributed by atoms with van der Waals surface area (Å²) in [4.78, 5) is 0. The van der Waals surface area contributed by atoms with E-state index in [-0.39, 0.29) is 0 Å². The van der Waals surface area contributed by atoms with E-state index in [9.17, 15) is 0 Å². The third-order valence-corrected chi connectivity index (χ3v) is 2.46. The van der Waals surface area contributed by atoms with Crippen LogP contribution in [0.2, 0.25) is 0 Å². The lowest BCUT2D eigenvalue weighted by Crippen LogP contribution is -2.24. The van der Waals surface area contributed by atoms with Gasteiger partial charge in [0.15, 0.2) is 0 Å². The fourth-order valence-electron chi connectivity index (χ4n) is 1.79. The minimum Gasteiger partial charge on any atom is -0.389 e. The molecule has 0 aromatic carbocycles. The Kier molecular flexibility index (Phi) is 4.10. The lowest BCUT2D eigenvalue weighted by Gasteiger charge is -2.19. The molecule has 1 saturated carbocycles. The topological polar surface area (TPSA) is 12.0 Å². The van der Waals surface area contributed by atoms with Crippen LogP contribution in [-0.2, 0) is 0 Å². The quantitative estimate of drug-likeness (QED) is 0.643. The molecule has 1 fully saturated rings. The summed E-state index contributed by atoms with van der Waals surface area (Å²) in [7, 11) is 0. The highest BCUT2D eigenvalue weighted by Crippen LogP contribution is 2.16. The van der Waals surface area contributed by atoms with Gasteiger partial charge in [-0.1, -0.05) is 38.7 Å². The Morgan fingerprint density at radius 1 is 1.00 bits per heavy atom. The molecule has 1 heteroatoms. The van der Waals surface area contributed by atoms with Gasteiger partial charge in [0.1, 0.15) is 0 Å². The molecule has 0 amide bonds. The van der Waals surface area contributed by atoms with Gasteiger partial charge in [-0.3, -0.25) is 0 Å². The second-order valence-electron chi connectivity index (χ2n) is 3.41. The molecule has 1 nitrogen and oxygen atoms in total. The molecule has 11 heavy (non-hydrogen) atoms. The second-order valence-corrected chi connectivity index (χ2v) is 3.41. The summed E-state index contributed by atoms with van der Waals surface area (Å²) in [5.74, 6) is 0. The third-order valence-electron chi connectivity index (χ3n) is 2.46. The Morgan fingerprint density at radius 2 is 1.55 bits per heavy atom. The predicted octanol–water partition coefficient (Wildman–Crippen LogP) is 2.83. The van der Waals surface area contributed by atoms with Crippen LogP contribution in [0.15, 0.2) is 12.8 Å². The van der Waals surface area contributed by atoms with E-state index in [4.69, 9.17) is 0 Å². The van der Waals surface area contributed by atoms with Crippen LogP contribution in [0.1, 0.15) is 44.9 Å². The highest BCUT2D eigenvalue weighted by molar-refractivity contribution is 4.75. The standard InChI is InChI=1S/C10H19N/c1-2-11-10-8-6-4-3-5-7-9-10/h2,10-11H,1,3-9H2. The van der Waals surface area contributed by atoms with Crippen LogP contribution in [0.5, 0.6) is 0 Å². The summed E-state index contributed by atoms with van der Waals surface area (Å²) in [5.41, 5.74) is 0. The first-order valence-electron chi connectivity index (χ1n) is 4.80. The van der Waals surface area contributed by atoms with Crippen LogP contribution in [0.4, 0.5) is 0 Å². The molecule has 1 N–H and O–H groups in total. The van der Waals surface area contributed by atoms with E-state index in [0.717, 1.165) is 0 Å². The van der Waals surface area contributed by atoms with Gasteiger partial charge in [-0.2, -0.15) is 0 Å². The van der Waals surface area contributed by atoms with Gasteiger partial charge in [0.2, 0.25) is 0 Å². The molecule has 0 aromatic rings. The van der Waals surface area contributed by atoms with E-state index >= 15 is 0 Å². The van der Waals surface area contributed by atoms with Crippen molar-refractivity contribution in [3.05, 3.63) is 12.8 Å². The minimum absolute atomic E-state index is 0.716. The zero-order valence-electron chi connectivity index (χ0n) is 7.31. The molecule has 1 rings (SSSR count). The molecule has 64 valence electrons. The molecule has 0 unspecified atom stereocenters. The van der Waals surface area contributed by atoms with Crippen LogP contribution in [0, 0.1) is 0 Å². The first kappa shape index (κ1) is 8.63. The van der Waals surface area contributed by atoms with Crippen molar-refractivity contribution in [1.29, 1.82) is 0 Å². The molecule has 0 aliphatic heterocycles. The average Bonchev–Trinajstić information content (AvgIpc) is 1.94. The van der Waals surface area contributed by atoms with Crippen molar-refractivity contribution in [2.45, 2.75) is 51.0 Å². The van der Waals surface area contributed by atoms with E-state index in [1.165, 1.54) is 44.9 Å². The molecular formula is C10H19N. The number of rotatable bonds is 2. The highest BCUT2D eigenvalue weighted by Gasteiger charge is 2.07. The summed E-state index contributed by atoms with van der Waals surface area (Å²) in [6, 6.07) is 0.716. The second kappa shape index (κ2) is 5.22. The van der Waals surface area contributed by atoms with Crippen molar-refractivity contribution in [1.82, 2.24) is 5.32 Å². The molecule has 0 spiro atoms. The van der Waals surface area contributed by atoms with Crippen LogP contribution in [-0.4, -0.2) is 6.04 Å². The van der Waals surface area contributed by atoms with Crippen LogP contribution in [0.3, 0.4) is 0 Å². The molecule has 0 atom stereocenters. The van der Waals surface area contributed by atoms with Crippen molar-refractivity contribution in [3.63, 3.8) is 0 Å². The molecular weight excluding hydrogens is 134 g/mol. The monoisotopic (exact) mass is 153 g/mol. The number of hydrogen-bond donors (Lipinski definition) is 1. The first-order chi connectivity index (χ1) is 5.43. The summed E-state index contributed by atoms with van der Waals surface area (Å²) in [6.45, 7) is 3.70. The van der Waals surface area contributed by atoms with E-state index in [0.29, 0.717) is 6.04 Å². The zero-order valence-corrected chi connectivity index (χ0v) is 7.31. The van der Waals surface area contributed by atoms with Gasteiger partial charge in [0.25, 0.3) is 0 Å². The third kappa shape index (κ3) is 3.45. The van der Waals surface area contributed by atoms with Crippen LogP contribution >= 0.6 is 0 Å². The van der Waals surface area contributed by atoms with Gasteiger partial charge < -0.3 is 5.32 Å². The van der Waals surface area contributed by atoms with E-state index in [1.807, 2.05) is 6.20 Å². The van der Waals surface area contributed by atoms with Crippen LogP contribution < -0.4 is 5.32 Å². The van der Waals surface area contributed by atoms with Gasteiger partial charge in [0.05, 0.1) is 0 Å². The Hall–Kier alpha value is -0.460. The minimum atomic E-state index is 0.716. The largest absolute Gasteiger partial charge is 0.389 e. The maximum atomic E-state index is 3.70. The molecule has 0 aromatic heterocycles. The maximum Gasteiger partial charge on any atom is 0.0255 e. The van der Waals surface area contributed by atoms with Crippen molar-refractivity contribution in [2.75, 3.05) is 0 Å². The highest BCUT2D eigenvalue weighted by atomic mass is 14.9. The summed E-state index contributed by atoms with van der Waals surface area (Å²) >= 11 is 0. The Labute approximate surface area is 69.9 Å². The van der Waals surface area contributed by atoms with Crippen molar-refractivity contribution < 1.29 is 0 Å². The normalized spacial score (nSPS) is 21.8. The van der Waals surface area contributed by atoms with Crippen molar-refractivity contribution >= 4 is 0 Å². The number of nitrogens with one attached hydrogen (secondary N) is 1. The van der Waals surface area contributed by atoms with Crippen molar-refractivity contribution in [3.8, 4) is 0 Å². The molecule has 1 aliphatic carbocycles. The van der Waals surface area contributed by atoms with E-state index in [1.54, 1.807) is 0 Å². The molecule has 1 aliphatic rings. The molecule has 0 radical (unpaired) electrons. The zero-order chi connectivity index (χ0) is 7.94. The average molecular weight is 153 g/mol. The van der Waals surface area contributed by atoms with Gasteiger partial charge >= 0.3 is 0 Å². The lowest BCUT2D eigenvalue weighted by molar-refractivity contribution is 0.420. The van der Waals surface area contributed by atoms with Crippen LogP contribution in [0.25, 0.3) is 0 Å². The fourth-order valence-corrected chi connectivity index (χ4v) is 1.79. The summed E-state index contributed by atoms with van der Waals surface area (Å²) in [5, 5.41) is 3.32. The molecule has 0 heterocycles. The van der Waals surface area contributed by atoms with E-state index < -0.39 is 0 Å². The summed E-state index contributed by atoms with van der Waals surface area (Å²) < 4.78 is 0. The Balaban J connectivity index is 2.20.